The average molecular weight is 216 g/mol. The zero-order chi connectivity index (χ0) is 10.8. The van der Waals surface area contributed by atoms with Crippen LogP contribution < -0.4 is 0 Å². The molecule has 0 aromatic heterocycles. The smallest absolute Gasteiger partial charge is 0.347 e. The van der Waals surface area contributed by atoms with E-state index in [4.69, 9.17) is 14.2 Å². The van der Waals surface area contributed by atoms with Gasteiger partial charge in [-0.2, -0.15) is 0 Å². The maximum absolute atomic E-state index is 11.5. The molecule has 0 spiro atoms. The zero-order valence-electron chi connectivity index (χ0n) is 8.01. The average Bonchev–Trinajstić information content (AvgIpc) is 3.13. The van der Waals surface area contributed by atoms with Gasteiger partial charge in [0.05, 0.1) is 14.2 Å². The number of esters is 2. The van der Waals surface area contributed by atoms with Crippen LogP contribution >= 0.6 is 0 Å². The minimum absolute atomic E-state index is 0.682. The Morgan fingerprint density at radius 2 is 1.40 bits per heavy atom. The molecule has 4 atom stereocenters. The van der Waals surface area contributed by atoms with E-state index in [2.05, 4.69) is 9.47 Å². The van der Waals surface area contributed by atoms with Crippen LogP contribution in [-0.2, 0) is 33.3 Å². The van der Waals surface area contributed by atoms with Crippen LogP contribution in [0, 0.1) is 0 Å². The molecule has 3 rings (SSSR count). The number of carbonyl (C=O) groups is 2. The molecule has 82 valence electrons. The summed E-state index contributed by atoms with van der Waals surface area (Å²) in [5, 5.41) is 0. The molecule has 0 aromatic carbocycles. The monoisotopic (exact) mass is 216 g/mol. The van der Waals surface area contributed by atoms with Crippen molar-refractivity contribution >= 4 is 11.9 Å². The van der Waals surface area contributed by atoms with Gasteiger partial charge in [0.1, 0.15) is 0 Å². The Hall–Kier alpha value is -1.18. The van der Waals surface area contributed by atoms with E-state index >= 15 is 0 Å². The molecule has 3 aliphatic heterocycles. The fraction of sp³-hybridized carbons (Fsp3) is 0.750. The first kappa shape index (κ1) is 9.08. The lowest BCUT2D eigenvalue weighted by Gasteiger charge is -2.13. The number of carbonyl (C=O) groups excluding carboxylic acids is 2. The highest BCUT2D eigenvalue weighted by atomic mass is 16.9. The molecule has 3 fully saturated rings. The van der Waals surface area contributed by atoms with Crippen molar-refractivity contribution in [3.63, 3.8) is 0 Å². The van der Waals surface area contributed by atoms with Gasteiger partial charge in [-0.05, 0) is 0 Å². The van der Waals surface area contributed by atoms with Crippen LogP contribution in [0.5, 0.6) is 0 Å². The van der Waals surface area contributed by atoms with Gasteiger partial charge in [-0.3, -0.25) is 0 Å². The van der Waals surface area contributed by atoms with Crippen molar-refractivity contribution in [3.8, 4) is 0 Å². The molecular formula is C8H8O7. The summed E-state index contributed by atoms with van der Waals surface area (Å²) < 4.78 is 24.3. The van der Waals surface area contributed by atoms with E-state index in [9.17, 15) is 9.59 Å². The largest absolute Gasteiger partial charge is 0.467 e. The Bertz CT molecular complexity index is 332. The Balaban J connectivity index is 1.98. The molecule has 0 N–H and O–H groups in total. The summed E-state index contributed by atoms with van der Waals surface area (Å²) in [6, 6.07) is 0. The highest BCUT2D eigenvalue weighted by molar-refractivity contribution is 5.98. The first-order valence-corrected chi connectivity index (χ1v) is 4.31. The summed E-state index contributed by atoms with van der Waals surface area (Å²) in [5.74, 6) is -1.36. The number of epoxide rings is 2. The van der Waals surface area contributed by atoms with Gasteiger partial charge in [0.2, 0.25) is 12.6 Å². The maximum Gasteiger partial charge on any atom is 0.347 e. The molecule has 3 saturated heterocycles. The number of rotatable bonds is 2. The summed E-state index contributed by atoms with van der Waals surface area (Å²) in [7, 11) is 2.41. The van der Waals surface area contributed by atoms with Gasteiger partial charge in [0.25, 0.3) is 11.2 Å². The van der Waals surface area contributed by atoms with Crippen molar-refractivity contribution in [1.29, 1.82) is 0 Å². The lowest BCUT2D eigenvalue weighted by atomic mass is 9.93. The van der Waals surface area contributed by atoms with Gasteiger partial charge >= 0.3 is 11.9 Å². The Morgan fingerprint density at radius 3 is 1.73 bits per heavy atom. The van der Waals surface area contributed by atoms with Crippen molar-refractivity contribution in [2.45, 2.75) is 23.8 Å². The highest BCUT2D eigenvalue weighted by Gasteiger charge is 2.97. The normalized spacial score (nSPS) is 48.9. The van der Waals surface area contributed by atoms with Crippen LogP contribution in [0.15, 0.2) is 0 Å². The lowest BCUT2D eigenvalue weighted by Crippen LogP contribution is -2.48. The fourth-order valence-corrected chi connectivity index (χ4v) is 2.05. The van der Waals surface area contributed by atoms with Crippen LogP contribution in [0.4, 0.5) is 0 Å². The molecule has 4 unspecified atom stereocenters. The minimum atomic E-state index is -1.46. The molecule has 0 amide bonds. The van der Waals surface area contributed by atoms with E-state index in [1.807, 2.05) is 0 Å². The molecule has 0 aromatic rings. The second-order valence-corrected chi connectivity index (χ2v) is 3.49. The molecule has 7 heteroatoms. The van der Waals surface area contributed by atoms with E-state index < -0.39 is 35.7 Å². The van der Waals surface area contributed by atoms with E-state index in [0.29, 0.717) is 0 Å². The van der Waals surface area contributed by atoms with Gasteiger partial charge in [0.15, 0.2) is 0 Å². The van der Waals surface area contributed by atoms with E-state index in [-0.39, 0.29) is 0 Å². The van der Waals surface area contributed by atoms with Crippen LogP contribution in [0.2, 0.25) is 0 Å². The summed E-state index contributed by atoms with van der Waals surface area (Å²) in [4.78, 5) is 23.1. The molecule has 7 nitrogen and oxygen atoms in total. The Kier molecular flexibility index (Phi) is 1.40. The van der Waals surface area contributed by atoms with Crippen molar-refractivity contribution < 1.29 is 33.3 Å². The quantitative estimate of drug-likeness (QED) is 0.412. The first-order valence-electron chi connectivity index (χ1n) is 4.31. The maximum atomic E-state index is 11.5. The third kappa shape index (κ3) is 0.715. The SMILES string of the molecule is COC(=O)C12OC1OC1OC12C(=O)OC. The van der Waals surface area contributed by atoms with Crippen LogP contribution in [-0.4, -0.2) is 49.9 Å². The topological polar surface area (TPSA) is 86.9 Å². The number of hydrogen-bond acceptors (Lipinski definition) is 7. The highest BCUT2D eigenvalue weighted by Crippen LogP contribution is 2.66. The van der Waals surface area contributed by atoms with Gasteiger partial charge in [-0.1, -0.05) is 0 Å². The molecule has 0 bridgehead atoms. The third-order valence-electron chi connectivity index (χ3n) is 2.91. The molecule has 0 aliphatic carbocycles. The summed E-state index contributed by atoms with van der Waals surface area (Å²) in [6.45, 7) is 0. The van der Waals surface area contributed by atoms with Crippen molar-refractivity contribution in [2.24, 2.45) is 0 Å². The Morgan fingerprint density at radius 1 is 1.00 bits per heavy atom. The Labute approximate surface area is 84.2 Å². The second kappa shape index (κ2) is 2.31. The number of hydrogen-bond donors (Lipinski definition) is 0. The first-order chi connectivity index (χ1) is 7.13. The fourth-order valence-electron chi connectivity index (χ4n) is 2.05. The molecule has 0 radical (unpaired) electrons. The summed E-state index contributed by atoms with van der Waals surface area (Å²) >= 11 is 0. The van der Waals surface area contributed by atoms with Crippen LogP contribution in [0.3, 0.4) is 0 Å². The van der Waals surface area contributed by atoms with Gasteiger partial charge in [-0.15, -0.1) is 0 Å². The summed E-state index contributed by atoms with van der Waals surface area (Å²) in [5.41, 5.74) is -2.92. The van der Waals surface area contributed by atoms with E-state index in [1.165, 1.54) is 14.2 Å². The van der Waals surface area contributed by atoms with Crippen molar-refractivity contribution in [2.75, 3.05) is 14.2 Å². The van der Waals surface area contributed by atoms with E-state index in [1.54, 1.807) is 0 Å². The molecule has 3 aliphatic rings. The zero-order valence-corrected chi connectivity index (χ0v) is 8.01. The van der Waals surface area contributed by atoms with Crippen molar-refractivity contribution in [1.82, 2.24) is 0 Å². The molecule has 15 heavy (non-hydrogen) atoms. The molecule has 3 heterocycles. The number of fused-ring (bicyclic) bond motifs is 3. The van der Waals surface area contributed by atoms with Gasteiger partial charge < -0.3 is 23.7 Å². The van der Waals surface area contributed by atoms with Crippen LogP contribution in [0.1, 0.15) is 0 Å². The number of methoxy groups -OCH3 is 2. The number of ether oxygens (including phenoxy) is 5. The molecular weight excluding hydrogens is 208 g/mol. The summed E-state index contributed by atoms with van der Waals surface area (Å²) in [6.07, 6.45) is -1.52. The van der Waals surface area contributed by atoms with Gasteiger partial charge in [-0.25, -0.2) is 9.59 Å². The third-order valence-corrected chi connectivity index (χ3v) is 2.91. The second-order valence-electron chi connectivity index (χ2n) is 3.49. The van der Waals surface area contributed by atoms with Crippen molar-refractivity contribution in [3.05, 3.63) is 0 Å². The minimum Gasteiger partial charge on any atom is -0.467 e. The van der Waals surface area contributed by atoms with E-state index in [0.717, 1.165) is 0 Å². The standard InChI is InChI=1S/C8H8O7/c1-11-3(9)7-5(14-7)13-6-8(7,15-6)4(10)12-2/h5-6H,1-2H3. The predicted octanol–water partition coefficient (Wildman–Crippen LogP) is -1.45. The van der Waals surface area contributed by atoms with Crippen LogP contribution in [0.25, 0.3) is 0 Å². The predicted molar refractivity (Wildman–Crippen MR) is 40.3 cm³/mol. The lowest BCUT2D eigenvalue weighted by molar-refractivity contribution is -0.160. The van der Waals surface area contributed by atoms with Gasteiger partial charge in [0, 0.05) is 0 Å². The molecule has 0 saturated carbocycles.